The van der Waals surface area contributed by atoms with Crippen LogP contribution in [0, 0.1) is 0 Å². The van der Waals surface area contributed by atoms with Crippen molar-refractivity contribution in [3.8, 4) is 11.5 Å². The predicted molar refractivity (Wildman–Crippen MR) is 103 cm³/mol. The van der Waals surface area contributed by atoms with Gasteiger partial charge in [0.1, 0.15) is 11.5 Å². The van der Waals surface area contributed by atoms with Crippen LogP contribution in [0.15, 0.2) is 72.8 Å². The van der Waals surface area contributed by atoms with Gasteiger partial charge in [-0.2, -0.15) is 0 Å². The molecule has 3 N–H and O–H groups in total. The molecule has 3 rings (SSSR count). The molecule has 0 bridgehead atoms. The number of aromatic hydroxyl groups is 1. The van der Waals surface area contributed by atoms with Gasteiger partial charge in [0.2, 0.25) is 0 Å². The van der Waals surface area contributed by atoms with E-state index in [4.69, 9.17) is 4.74 Å². The summed E-state index contributed by atoms with van der Waals surface area (Å²) in [6, 6.07) is 23.0. The Bertz CT molecular complexity index is 816. The zero-order valence-corrected chi connectivity index (χ0v) is 14.2. The lowest BCUT2D eigenvalue weighted by molar-refractivity contribution is 0.317. The van der Waals surface area contributed by atoms with E-state index in [0.717, 1.165) is 41.5 Å². The van der Waals surface area contributed by atoms with E-state index in [2.05, 4.69) is 17.6 Å². The minimum absolute atomic E-state index is 0.244. The van der Waals surface area contributed by atoms with E-state index in [9.17, 15) is 5.11 Å². The van der Waals surface area contributed by atoms with E-state index in [0.29, 0.717) is 0 Å². The fraction of sp³-hybridized carbons (Fsp3) is 0.143. The van der Waals surface area contributed by atoms with Crippen molar-refractivity contribution in [1.29, 1.82) is 0 Å². The summed E-state index contributed by atoms with van der Waals surface area (Å²) in [6.07, 6.45) is 0.991. The molecule has 0 spiro atoms. The third-order valence-corrected chi connectivity index (χ3v) is 3.62. The Morgan fingerprint density at radius 2 is 1.36 bits per heavy atom. The van der Waals surface area contributed by atoms with Crippen molar-refractivity contribution < 1.29 is 9.84 Å². The quantitative estimate of drug-likeness (QED) is 0.521. The van der Waals surface area contributed by atoms with Gasteiger partial charge in [-0.3, -0.25) is 0 Å². The normalized spacial score (nSPS) is 10.3. The third-order valence-electron chi connectivity index (χ3n) is 3.62. The molecule has 0 saturated carbocycles. The Hall–Kier alpha value is -3.14. The summed E-state index contributed by atoms with van der Waals surface area (Å²) in [5.41, 5.74) is 3.79. The maximum atomic E-state index is 9.52. The minimum atomic E-state index is 0.244. The predicted octanol–water partition coefficient (Wildman–Crippen LogP) is 5.67. The maximum absolute atomic E-state index is 9.52. The molecule has 0 saturated heterocycles. The molecule has 0 aromatic heterocycles. The van der Waals surface area contributed by atoms with Crippen LogP contribution < -0.4 is 15.4 Å². The monoisotopic (exact) mass is 334 g/mol. The van der Waals surface area contributed by atoms with E-state index >= 15 is 0 Å². The van der Waals surface area contributed by atoms with Crippen molar-refractivity contribution in [3.05, 3.63) is 72.8 Å². The average Bonchev–Trinajstić information content (AvgIpc) is 2.62. The van der Waals surface area contributed by atoms with Crippen LogP contribution >= 0.6 is 0 Å². The number of ether oxygens (including phenoxy) is 1. The Labute approximate surface area is 148 Å². The van der Waals surface area contributed by atoms with Gasteiger partial charge < -0.3 is 20.5 Å². The smallest absolute Gasteiger partial charge is 0.121 e. The topological polar surface area (TPSA) is 53.5 Å². The van der Waals surface area contributed by atoms with E-state index < -0.39 is 0 Å². The number of phenolic OH excluding ortho intramolecular Hbond substituents is 1. The Kier molecular flexibility index (Phi) is 5.42. The van der Waals surface area contributed by atoms with E-state index in [-0.39, 0.29) is 5.75 Å². The van der Waals surface area contributed by atoms with Crippen LogP contribution in [0.1, 0.15) is 13.3 Å². The van der Waals surface area contributed by atoms with E-state index in [1.54, 1.807) is 18.2 Å². The second-order valence-corrected chi connectivity index (χ2v) is 5.75. The summed E-state index contributed by atoms with van der Waals surface area (Å²) >= 11 is 0. The first kappa shape index (κ1) is 16.7. The van der Waals surface area contributed by atoms with Crippen molar-refractivity contribution in [3.63, 3.8) is 0 Å². The van der Waals surface area contributed by atoms with Gasteiger partial charge in [-0.15, -0.1) is 0 Å². The number of phenols is 1. The maximum Gasteiger partial charge on any atom is 0.121 e. The molecule has 0 fully saturated rings. The molecular formula is C21H22N2O2. The highest BCUT2D eigenvalue weighted by molar-refractivity contribution is 5.67. The standard InChI is InChI=1S/C21H22N2O2/c1-2-13-25-21-8-4-6-19(15-21)23-17-11-9-16(10-12-17)22-18-5-3-7-20(24)14-18/h3-12,14-15,22-24H,2,13H2,1H3. The SMILES string of the molecule is CCCOc1cccc(Nc2ccc(Nc3cccc(O)c3)cc2)c1. The molecule has 3 aromatic rings. The third kappa shape index (κ3) is 4.91. The van der Waals surface area contributed by atoms with Crippen LogP contribution in [0.25, 0.3) is 0 Å². The molecule has 0 unspecified atom stereocenters. The summed E-state index contributed by atoms with van der Waals surface area (Å²) in [4.78, 5) is 0. The molecular weight excluding hydrogens is 312 g/mol. The summed E-state index contributed by atoms with van der Waals surface area (Å²) in [5.74, 6) is 1.11. The van der Waals surface area contributed by atoms with Crippen molar-refractivity contribution in [2.24, 2.45) is 0 Å². The molecule has 0 aliphatic carbocycles. The van der Waals surface area contributed by atoms with Gasteiger partial charge in [-0.1, -0.05) is 19.1 Å². The van der Waals surface area contributed by atoms with Gasteiger partial charge >= 0.3 is 0 Å². The highest BCUT2D eigenvalue weighted by Gasteiger charge is 2.00. The van der Waals surface area contributed by atoms with Gasteiger partial charge in [-0.05, 0) is 55.0 Å². The second kappa shape index (κ2) is 8.11. The molecule has 0 heterocycles. The van der Waals surface area contributed by atoms with E-state index in [1.165, 1.54) is 0 Å². The summed E-state index contributed by atoms with van der Waals surface area (Å²) in [6.45, 7) is 2.81. The second-order valence-electron chi connectivity index (χ2n) is 5.75. The molecule has 4 heteroatoms. The lowest BCUT2D eigenvalue weighted by atomic mass is 10.2. The molecule has 0 aliphatic heterocycles. The minimum Gasteiger partial charge on any atom is -0.508 e. The molecule has 0 amide bonds. The fourth-order valence-electron chi connectivity index (χ4n) is 2.44. The Morgan fingerprint density at radius 1 is 0.760 bits per heavy atom. The van der Waals surface area contributed by atoms with Crippen LogP contribution in [0.5, 0.6) is 11.5 Å². The molecule has 0 atom stereocenters. The zero-order valence-electron chi connectivity index (χ0n) is 14.2. The van der Waals surface area contributed by atoms with Gasteiger partial charge in [0.25, 0.3) is 0 Å². The first-order valence-corrected chi connectivity index (χ1v) is 8.39. The van der Waals surface area contributed by atoms with Crippen LogP contribution in [0.3, 0.4) is 0 Å². The van der Waals surface area contributed by atoms with E-state index in [1.807, 2.05) is 54.6 Å². The Balaban J connectivity index is 1.64. The first-order chi connectivity index (χ1) is 12.2. The van der Waals surface area contributed by atoms with Gasteiger partial charge in [-0.25, -0.2) is 0 Å². The van der Waals surface area contributed by atoms with Gasteiger partial charge in [0.05, 0.1) is 6.61 Å². The number of hydrogen-bond acceptors (Lipinski definition) is 4. The zero-order chi connectivity index (χ0) is 17.5. The largest absolute Gasteiger partial charge is 0.508 e. The molecule has 0 aliphatic rings. The highest BCUT2D eigenvalue weighted by Crippen LogP contribution is 2.25. The van der Waals surface area contributed by atoms with Gasteiger partial charge in [0.15, 0.2) is 0 Å². The summed E-state index contributed by atoms with van der Waals surface area (Å²) in [7, 11) is 0. The van der Waals surface area contributed by atoms with Crippen LogP contribution in [0.4, 0.5) is 22.7 Å². The number of rotatable bonds is 7. The average molecular weight is 334 g/mol. The number of benzene rings is 3. The fourth-order valence-corrected chi connectivity index (χ4v) is 2.44. The highest BCUT2D eigenvalue weighted by atomic mass is 16.5. The van der Waals surface area contributed by atoms with Crippen LogP contribution in [-0.4, -0.2) is 11.7 Å². The number of anilines is 4. The molecule has 3 aromatic carbocycles. The van der Waals surface area contributed by atoms with Gasteiger partial charge in [0, 0.05) is 34.9 Å². The van der Waals surface area contributed by atoms with Crippen LogP contribution in [-0.2, 0) is 0 Å². The summed E-state index contributed by atoms with van der Waals surface area (Å²) in [5, 5.41) is 16.1. The molecule has 0 radical (unpaired) electrons. The van der Waals surface area contributed by atoms with Crippen molar-refractivity contribution in [1.82, 2.24) is 0 Å². The van der Waals surface area contributed by atoms with Crippen molar-refractivity contribution >= 4 is 22.7 Å². The lowest BCUT2D eigenvalue weighted by Crippen LogP contribution is -1.96. The Morgan fingerprint density at radius 3 is 1.96 bits per heavy atom. The molecule has 4 nitrogen and oxygen atoms in total. The lowest BCUT2D eigenvalue weighted by Gasteiger charge is -2.11. The van der Waals surface area contributed by atoms with Crippen molar-refractivity contribution in [2.45, 2.75) is 13.3 Å². The summed E-state index contributed by atoms with van der Waals surface area (Å²) < 4.78 is 5.66. The number of nitrogens with one attached hydrogen (secondary N) is 2. The first-order valence-electron chi connectivity index (χ1n) is 8.39. The molecule has 25 heavy (non-hydrogen) atoms. The van der Waals surface area contributed by atoms with Crippen molar-refractivity contribution in [2.75, 3.05) is 17.2 Å². The molecule has 128 valence electrons. The number of hydrogen-bond donors (Lipinski definition) is 3. The van der Waals surface area contributed by atoms with Crippen LogP contribution in [0.2, 0.25) is 0 Å².